The van der Waals surface area contributed by atoms with Gasteiger partial charge in [-0.15, -0.1) is 0 Å². The molecule has 136 valence electrons. The first-order chi connectivity index (χ1) is 12.8. The molecule has 7 nitrogen and oxygen atoms in total. The number of aromatic nitrogens is 3. The summed E-state index contributed by atoms with van der Waals surface area (Å²) in [7, 11) is -3.30. The first-order valence-corrected chi connectivity index (χ1v) is 9.94. The topological polar surface area (TPSA) is 105 Å². The van der Waals surface area contributed by atoms with E-state index in [1.165, 1.54) is 10.7 Å². The van der Waals surface area contributed by atoms with Crippen LogP contribution in [-0.2, 0) is 9.84 Å². The van der Waals surface area contributed by atoms with Gasteiger partial charge in [0.2, 0.25) is 0 Å². The minimum absolute atomic E-state index is 0.134. The molecule has 0 spiro atoms. The first-order valence-electron chi connectivity index (χ1n) is 8.05. The van der Waals surface area contributed by atoms with Crippen molar-refractivity contribution in [2.45, 2.75) is 4.90 Å². The van der Waals surface area contributed by atoms with Gasteiger partial charge in [-0.3, -0.25) is 4.79 Å². The predicted molar refractivity (Wildman–Crippen MR) is 101 cm³/mol. The molecule has 0 aliphatic rings. The molecule has 0 atom stereocenters. The van der Waals surface area contributed by atoms with E-state index in [9.17, 15) is 18.3 Å². The van der Waals surface area contributed by atoms with Gasteiger partial charge < -0.3 is 5.11 Å². The fourth-order valence-corrected chi connectivity index (χ4v) is 3.57. The van der Waals surface area contributed by atoms with E-state index in [1.807, 2.05) is 0 Å². The average molecular weight is 381 g/mol. The second-order valence-electron chi connectivity index (χ2n) is 6.17. The normalized spacial score (nSPS) is 11.7. The van der Waals surface area contributed by atoms with Crippen molar-refractivity contribution in [2.75, 3.05) is 6.26 Å². The van der Waals surface area contributed by atoms with Crippen molar-refractivity contribution in [3.63, 3.8) is 0 Å². The molecule has 0 amide bonds. The lowest BCUT2D eigenvalue weighted by atomic mass is 10.00. The summed E-state index contributed by atoms with van der Waals surface area (Å²) in [5.41, 5.74) is 3.24. The third kappa shape index (κ3) is 3.11. The van der Waals surface area contributed by atoms with Gasteiger partial charge >= 0.3 is 0 Å². The van der Waals surface area contributed by atoms with Crippen LogP contribution >= 0.6 is 0 Å². The summed E-state index contributed by atoms with van der Waals surface area (Å²) in [5.74, 6) is 0.134. The lowest BCUT2D eigenvalue weighted by molar-refractivity contribution is 0.475. The molecule has 4 aromatic rings. The van der Waals surface area contributed by atoms with Crippen molar-refractivity contribution in [2.24, 2.45) is 0 Å². The molecule has 0 aliphatic carbocycles. The number of phenols is 1. The Morgan fingerprint density at radius 3 is 2.19 bits per heavy atom. The maximum atomic E-state index is 11.7. The van der Waals surface area contributed by atoms with E-state index in [0.29, 0.717) is 11.2 Å². The summed E-state index contributed by atoms with van der Waals surface area (Å²) >= 11 is 0. The van der Waals surface area contributed by atoms with Crippen LogP contribution in [0.5, 0.6) is 5.75 Å². The van der Waals surface area contributed by atoms with E-state index in [4.69, 9.17) is 0 Å². The van der Waals surface area contributed by atoms with E-state index in [2.05, 4.69) is 10.2 Å². The third-order valence-corrected chi connectivity index (χ3v) is 5.37. The van der Waals surface area contributed by atoms with Crippen LogP contribution in [0.4, 0.5) is 0 Å². The van der Waals surface area contributed by atoms with E-state index >= 15 is 0 Å². The van der Waals surface area contributed by atoms with Gasteiger partial charge in [0.25, 0.3) is 5.56 Å². The van der Waals surface area contributed by atoms with E-state index in [-0.39, 0.29) is 16.2 Å². The fourth-order valence-electron chi connectivity index (χ4n) is 2.94. The number of benzene rings is 2. The Morgan fingerprint density at radius 2 is 1.56 bits per heavy atom. The van der Waals surface area contributed by atoms with Crippen LogP contribution in [0.2, 0.25) is 0 Å². The van der Waals surface area contributed by atoms with Crippen LogP contribution in [0.1, 0.15) is 0 Å². The van der Waals surface area contributed by atoms with Gasteiger partial charge in [-0.05, 0) is 48.0 Å². The number of hydrogen-bond donors (Lipinski definition) is 2. The zero-order valence-corrected chi connectivity index (χ0v) is 15.1. The number of phenolic OH excluding ortho intramolecular Hbond substituents is 1. The highest BCUT2D eigenvalue weighted by molar-refractivity contribution is 7.90. The number of aromatic hydroxyl groups is 1. The van der Waals surface area contributed by atoms with Crippen LogP contribution in [0.3, 0.4) is 0 Å². The number of H-pyrrole nitrogens is 1. The second kappa shape index (κ2) is 6.10. The van der Waals surface area contributed by atoms with E-state index < -0.39 is 9.84 Å². The number of nitrogens with zero attached hydrogens (tertiary/aromatic N) is 2. The van der Waals surface area contributed by atoms with Crippen molar-refractivity contribution in [3.8, 4) is 28.1 Å². The smallest absolute Gasteiger partial charge is 0.264 e. The number of nitrogens with one attached hydrogen (secondary N) is 1. The number of fused-ring (bicyclic) bond motifs is 1. The Kier molecular flexibility index (Phi) is 3.85. The Bertz CT molecular complexity index is 1300. The molecule has 27 heavy (non-hydrogen) atoms. The zero-order chi connectivity index (χ0) is 19.2. The van der Waals surface area contributed by atoms with Crippen molar-refractivity contribution >= 4 is 15.4 Å². The van der Waals surface area contributed by atoms with Crippen molar-refractivity contribution < 1.29 is 13.5 Å². The zero-order valence-electron chi connectivity index (χ0n) is 14.2. The Hall–Kier alpha value is -3.39. The quantitative estimate of drug-likeness (QED) is 0.567. The van der Waals surface area contributed by atoms with Crippen molar-refractivity contribution in [1.29, 1.82) is 0 Å². The minimum Gasteiger partial charge on any atom is -0.508 e. The van der Waals surface area contributed by atoms with Crippen LogP contribution < -0.4 is 5.56 Å². The molecule has 0 bridgehead atoms. The third-order valence-electron chi connectivity index (χ3n) is 4.24. The SMILES string of the molecule is CS(=O)(=O)c1ccc(-c2c(-c3ccc(O)cc3)nn3[nH]c(=O)ccc23)cc1. The van der Waals surface area contributed by atoms with E-state index in [1.54, 1.807) is 54.6 Å². The van der Waals surface area contributed by atoms with Crippen molar-refractivity contribution in [3.05, 3.63) is 71.0 Å². The molecule has 2 aromatic heterocycles. The summed E-state index contributed by atoms with van der Waals surface area (Å²) in [6, 6.07) is 16.1. The molecule has 4 rings (SSSR count). The van der Waals surface area contributed by atoms with Crippen LogP contribution in [0, 0.1) is 0 Å². The second-order valence-corrected chi connectivity index (χ2v) is 8.19. The van der Waals surface area contributed by atoms with Gasteiger partial charge in [0.15, 0.2) is 9.84 Å². The largest absolute Gasteiger partial charge is 0.508 e. The molecule has 0 fully saturated rings. The summed E-state index contributed by atoms with van der Waals surface area (Å²) < 4.78 is 24.8. The Labute approximate surface area is 154 Å². The molecular formula is C19H15N3O4S. The van der Waals surface area contributed by atoms with E-state index in [0.717, 1.165) is 22.9 Å². The molecule has 2 aromatic carbocycles. The molecule has 0 aliphatic heterocycles. The lowest BCUT2D eigenvalue weighted by Gasteiger charge is -2.05. The highest BCUT2D eigenvalue weighted by Gasteiger charge is 2.18. The maximum Gasteiger partial charge on any atom is 0.264 e. The first kappa shape index (κ1) is 17.0. The lowest BCUT2D eigenvalue weighted by Crippen LogP contribution is -2.09. The molecule has 0 radical (unpaired) electrons. The van der Waals surface area contributed by atoms with Gasteiger partial charge in [-0.25, -0.2) is 13.5 Å². The Balaban J connectivity index is 1.99. The summed E-state index contributed by atoms with van der Waals surface area (Å²) in [4.78, 5) is 11.9. The molecule has 0 saturated carbocycles. The van der Waals surface area contributed by atoms with Gasteiger partial charge in [-0.2, -0.15) is 9.73 Å². The van der Waals surface area contributed by atoms with Crippen LogP contribution in [0.25, 0.3) is 27.9 Å². The molecule has 0 unspecified atom stereocenters. The number of hydrogen-bond acceptors (Lipinski definition) is 5. The minimum atomic E-state index is -3.30. The Morgan fingerprint density at radius 1 is 0.926 bits per heavy atom. The highest BCUT2D eigenvalue weighted by Crippen LogP contribution is 2.35. The number of sulfone groups is 1. The van der Waals surface area contributed by atoms with Gasteiger partial charge in [0.1, 0.15) is 11.4 Å². The van der Waals surface area contributed by atoms with Crippen molar-refractivity contribution in [1.82, 2.24) is 14.8 Å². The summed E-state index contributed by atoms with van der Waals surface area (Å²) in [6.07, 6.45) is 1.16. The summed E-state index contributed by atoms with van der Waals surface area (Å²) in [6.45, 7) is 0. The van der Waals surface area contributed by atoms with Gasteiger partial charge in [-0.1, -0.05) is 12.1 Å². The van der Waals surface area contributed by atoms with Crippen LogP contribution in [0.15, 0.2) is 70.4 Å². The monoisotopic (exact) mass is 381 g/mol. The predicted octanol–water partition coefficient (Wildman–Crippen LogP) is 2.47. The number of rotatable bonds is 3. The highest BCUT2D eigenvalue weighted by atomic mass is 32.2. The molecular weight excluding hydrogens is 366 g/mol. The van der Waals surface area contributed by atoms with Gasteiger partial charge in [0.05, 0.1) is 10.4 Å². The fraction of sp³-hybridized carbons (Fsp3) is 0.0526. The molecule has 0 saturated heterocycles. The average Bonchev–Trinajstić information content (AvgIpc) is 3.00. The molecule has 2 heterocycles. The van der Waals surface area contributed by atoms with Gasteiger partial charge in [0, 0.05) is 23.4 Å². The maximum absolute atomic E-state index is 11.7. The molecule has 2 N–H and O–H groups in total. The summed E-state index contributed by atoms with van der Waals surface area (Å²) in [5, 5.41) is 16.7. The van der Waals surface area contributed by atoms with Crippen LogP contribution in [-0.4, -0.2) is 34.6 Å². The molecule has 8 heteroatoms. The standard InChI is InChI=1S/C19H15N3O4S/c1-27(25,26)15-8-4-12(5-9-15)18-16-10-11-17(24)20-22(16)21-19(18)13-2-6-14(23)7-3-13/h2-11,23H,1H3,(H,20,24). The number of aromatic amines is 1.